The Kier molecular flexibility index (Phi) is 3.60. The number of rotatable bonds is 2. The molecule has 1 aromatic heterocycles. The molecule has 0 aliphatic rings. The molecule has 1 rings (SSSR count). The molecule has 0 aliphatic carbocycles. The molecule has 69 valence electrons. The first kappa shape index (κ1) is 9.88. The van der Waals surface area contributed by atoms with Gasteiger partial charge in [0.05, 0.1) is 0 Å². The van der Waals surface area contributed by atoms with Crippen LogP contribution in [0, 0.1) is 0 Å². The molecule has 0 saturated heterocycles. The van der Waals surface area contributed by atoms with Gasteiger partial charge in [-0.25, -0.2) is 4.98 Å². The molecule has 0 bridgehead atoms. The third-order valence-corrected chi connectivity index (χ3v) is 1.80. The highest BCUT2D eigenvalue weighted by Crippen LogP contribution is 2.05. The smallest absolute Gasteiger partial charge is 0.171 e. The van der Waals surface area contributed by atoms with Crippen molar-refractivity contribution in [2.45, 2.75) is 6.54 Å². The van der Waals surface area contributed by atoms with Gasteiger partial charge in [0.25, 0.3) is 0 Å². The molecule has 0 fully saturated rings. The highest BCUT2D eigenvalue weighted by atomic mass is 32.1. The van der Waals surface area contributed by atoms with Crippen molar-refractivity contribution in [3.8, 4) is 0 Å². The third kappa shape index (κ3) is 2.96. The molecule has 4 nitrogen and oxygen atoms in total. The van der Waals surface area contributed by atoms with Crippen LogP contribution in [0.3, 0.4) is 0 Å². The largest absolute Gasteiger partial charge is 0.365 e. The van der Waals surface area contributed by atoms with Crippen LogP contribution < -0.4 is 16.4 Å². The van der Waals surface area contributed by atoms with Gasteiger partial charge < -0.3 is 10.6 Å². The number of thiocarbonyl (C=S) groups is 1. The van der Waals surface area contributed by atoms with Gasteiger partial charge in [0.2, 0.25) is 0 Å². The molecule has 1 radical (unpaired) electrons. The lowest BCUT2D eigenvalue weighted by atomic mass is 10.2. The summed E-state index contributed by atoms with van der Waals surface area (Å²) in [5, 5.41) is 6.20. The summed E-state index contributed by atoms with van der Waals surface area (Å²) in [4.78, 5) is 4.05. The molecule has 13 heavy (non-hydrogen) atoms. The number of nitrogens with zero attached hydrogens (tertiary/aromatic N) is 1. The Labute approximate surface area is 82.5 Å². The second-order valence-corrected chi connectivity index (χ2v) is 2.84. The summed E-state index contributed by atoms with van der Waals surface area (Å²) in [5.41, 5.74) is 8.08. The van der Waals surface area contributed by atoms with Crippen LogP contribution in [0.2, 0.25) is 0 Å². The van der Waals surface area contributed by atoms with E-state index in [4.69, 9.17) is 18.0 Å². The van der Waals surface area contributed by atoms with Gasteiger partial charge in [-0.2, -0.15) is 0 Å². The zero-order valence-corrected chi connectivity index (χ0v) is 8.11. The van der Waals surface area contributed by atoms with E-state index in [0.717, 1.165) is 5.56 Å². The van der Waals surface area contributed by atoms with Crippen molar-refractivity contribution in [3.63, 3.8) is 0 Å². The van der Waals surface area contributed by atoms with Gasteiger partial charge in [-0.3, -0.25) is 5.73 Å². The Bertz CT molecular complexity index is 300. The van der Waals surface area contributed by atoms with Crippen LogP contribution in [0.25, 0.3) is 0 Å². The van der Waals surface area contributed by atoms with Crippen molar-refractivity contribution in [2.24, 2.45) is 0 Å². The minimum Gasteiger partial charge on any atom is -0.365 e. The standard InChI is InChI=1S/C8H11N4S/c1-10-8(13)12-7-4-6(5-9)2-3-11-7/h2-4,9H,5H2,1H3,(H2,10,11,12,13). The summed E-state index contributed by atoms with van der Waals surface area (Å²) < 4.78 is 0. The van der Waals surface area contributed by atoms with Crippen molar-refractivity contribution >= 4 is 23.1 Å². The van der Waals surface area contributed by atoms with Gasteiger partial charge in [-0.1, -0.05) is 0 Å². The number of aromatic nitrogens is 1. The zero-order valence-electron chi connectivity index (χ0n) is 7.29. The first-order valence-corrected chi connectivity index (χ1v) is 4.25. The van der Waals surface area contributed by atoms with Crippen LogP contribution in [-0.2, 0) is 6.54 Å². The van der Waals surface area contributed by atoms with Crippen molar-refractivity contribution in [2.75, 3.05) is 12.4 Å². The molecule has 0 unspecified atom stereocenters. The Morgan fingerprint density at radius 3 is 3.08 bits per heavy atom. The predicted molar refractivity (Wildman–Crippen MR) is 56.3 cm³/mol. The van der Waals surface area contributed by atoms with Crippen LogP contribution in [0.5, 0.6) is 0 Å². The van der Waals surface area contributed by atoms with Gasteiger partial charge in [-0.05, 0) is 29.9 Å². The fourth-order valence-corrected chi connectivity index (χ4v) is 0.936. The first-order valence-electron chi connectivity index (χ1n) is 3.84. The lowest BCUT2D eigenvalue weighted by Crippen LogP contribution is -2.24. The summed E-state index contributed by atoms with van der Waals surface area (Å²) >= 11 is 4.91. The van der Waals surface area contributed by atoms with E-state index >= 15 is 0 Å². The van der Waals surface area contributed by atoms with Gasteiger partial charge in [-0.15, -0.1) is 0 Å². The maximum absolute atomic E-state index is 7.16. The number of anilines is 1. The topological polar surface area (TPSA) is 60.8 Å². The number of hydrogen-bond acceptors (Lipinski definition) is 2. The Morgan fingerprint density at radius 1 is 1.69 bits per heavy atom. The number of nitrogens with one attached hydrogen (secondary N) is 3. The molecule has 0 amide bonds. The molecule has 0 spiro atoms. The summed E-state index contributed by atoms with van der Waals surface area (Å²) in [6.07, 6.45) is 1.66. The fourth-order valence-electron chi connectivity index (χ4n) is 0.831. The van der Waals surface area contributed by atoms with Crippen LogP contribution in [-0.4, -0.2) is 17.1 Å². The minimum atomic E-state index is 0.253. The van der Waals surface area contributed by atoms with Crippen molar-refractivity contribution in [1.82, 2.24) is 16.0 Å². The molecule has 0 aliphatic heterocycles. The lowest BCUT2D eigenvalue weighted by molar-refractivity contribution is 1.02. The fraction of sp³-hybridized carbons (Fsp3) is 0.250. The second-order valence-electron chi connectivity index (χ2n) is 2.43. The molecule has 0 aromatic carbocycles. The van der Waals surface area contributed by atoms with E-state index in [9.17, 15) is 0 Å². The van der Waals surface area contributed by atoms with E-state index in [-0.39, 0.29) is 6.54 Å². The average Bonchev–Trinajstić information content (AvgIpc) is 2.18. The quantitative estimate of drug-likeness (QED) is 0.685. The zero-order chi connectivity index (χ0) is 9.68. The van der Waals surface area contributed by atoms with E-state index in [1.54, 1.807) is 25.4 Å². The van der Waals surface area contributed by atoms with Gasteiger partial charge in [0.1, 0.15) is 5.82 Å². The van der Waals surface area contributed by atoms with Crippen molar-refractivity contribution in [3.05, 3.63) is 23.9 Å². The third-order valence-electron chi connectivity index (χ3n) is 1.50. The summed E-state index contributed by atoms with van der Waals surface area (Å²) in [7, 11) is 1.74. The van der Waals surface area contributed by atoms with Crippen molar-refractivity contribution in [1.29, 1.82) is 0 Å². The normalized spacial score (nSPS) is 9.38. The van der Waals surface area contributed by atoms with Crippen LogP contribution >= 0.6 is 12.2 Å². The Hall–Kier alpha value is -1.20. The molecule has 0 atom stereocenters. The summed E-state index contributed by atoms with van der Waals surface area (Å²) in [5.74, 6) is 0.670. The maximum Gasteiger partial charge on any atom is 0.171 e. The second kappa shape index (κ2) is 4.74. The highest BCUT2D eigenvalue weighted by molar-refractivity contribution is 7.80. The van der Waals surface area contributed by atoms with E-state index in [0.29, 0.717) is 10.9 Å². The number of pyridine rings is 1. The van der Waals surface area contributed by atoms with Crippen LogP contribution in [0.15, 0.2) is 18.3 Å². The molecule has 0 saturated carbocycles. The van der Waals surface area contributed by atoms with E-state index < -0.39 is 0 Å². The maximum atomic E-state index is 7.16. The molecular formula is C8H11N4S. The van der Waals surface area contributed by atoms with Gasteiger partial charge >= 0.3 is 0 Å². The molecule has 1 heterocycles. The summed E-state index contributed by atoms with van der Waals surface area (Å²) in [6.45, 7) is 0.253. The van der Waals surface area contributed by atoms with Gasteiger partial charge in [0, 0.05) is 19.8 Å². The molecule has 5 heteroatoms. The van der Waals surface area contributed by atoms with Crippen molar-refractivity contribution < 1.29 is 0 Å². The molecule has 3 N–H and O–H groups in total. The molecular weight excluding hydrogens is 184 g/mol. The highest BCUT2D eigenvalue weighted by Gasteiger charge is 1.97. The Balaban J connectivity index is 2.71. The SMILES string of the molecule is CNC(=S)Nc1cc(C[NH])ccn1. The summed E-state index contributed by atoms with van der Waals surface area (Å²) in [6, 6.07) is 3.61. The predicted octanol–water partition coefficient (Wildman–Crippen LogP) is 0.781. The van der Waals surface area contributed by atoms with Gasteiger partial charge in [0.15, 0.2) is 5.11 Å². The molecule has 1 aromatic rings. The van der Waals surface area contributed by atoms with E-state index in [2.05, 4.69) is 15.6 Å². The van der Waals surface area contributed by atoms with E-state index in [1.165, 1.54) is 0 Å². The average molecular weight is 195 g/mol. The van der Waals surface area contributed by atoms with Crippen LogP contribution in [0.4, 0.5) is 5.82 Å². The monoisotopic (exact) mass is 195 g/mol. The minimum absolute atomic E-state index is 0.253. The van der Waals surface area contributed by atoms with Crippen LogP contribution in [0.1, 0.15) is 5.56 Å². The lowest BCUT2D eigenvalue weighted by Gasteiger charge is -2.06. The number of hydrogen-bond donors (Lipinski definition) is 2. The first-order chi connectivity index (χ1) is 6.26. The Morgan fingerprint density at radius 2 is 2.46 bits per heavy atom. The van der Waals surface area contributed by atoms with E-state index in [1.807, 2.05) is 0 Å².